The molecule has 136 valence electrons. The van der Waals surface area contributed by atoms with Gasteiger partial charge in [-0.2, -0.15) is 5.10 Å². The van der Waals surface area contributed by atoms with Gasteiger partial charge in [-0.15, -0.1) is 0 Å². The second-order valence-corrected chi connectivity index (χ2v) is 9.61. The minimum absolute atomic E-state index is 0.178. The number of aliphatic imine (C=N–C) groups is 1. The van der Waals surface area contributed by atoms with E-state index < -0.39 is 14.6 Å². The fraction of sp³-hybridized carbons (Fsp3) is 0.750. The molecule has 2 rings (SSSR count). The van der Waals surface area contributed by atoms with Crippen LogP contribution in [0.2, 0.25) is 0 Å². The molecule has 0 saturated carbocycles. The van der Waals surface area contributed by atoms with Crippen molar-refractivity contribution < 1.29 is 8.42 Å². The molecule has 0 spiro atoms. The highest BCUT2D eigenvalue weighted by Crippen LogP contribution is 2.23. The molecule has 1 N–H and O–H groups in total. The highest BCUT2D eigenvalue weighted by atomic mass is 32.2. The second kappa shape index (κ2) is 7.55. The maximum Gasteiger partial charge on any atom is 0.193 e. The van der Waals surface area contributed by atoms with Crippen molar-refractivity contribution in [2.45, 2.75) is 45.4 Å². The van der Waals surface area contributed by atoms with Crippen LogP contribution in [0.25, 0.3) is 0 Å². The molecule has 1 aliphatic heterocycles. The molecule has 24 heavy (non-hydrogen) atoms. The summed E-state index contributed by atoms with van der Waals surface area (Å²) in [5.41, 5.74) is 1.16. The zero-order valence-electron chi connectivity index (χ0n) is 15.1. The van der Waals surface area contributed by atoms with Crippen molar-refractivity contribution in [3.63, 3.8) is 0 Å². The lowest BCUT2D eigenvalue weighted by molar-refractivity contribution is 0.353. The normalized spacial score (nSPS) is 20.2. The Morgan fingerprint density at radius 2 is 2.21 bits per heavy atom. The van der Waals surface area contributed by atoms with Gasteiger partial charge >= 0.3 is 0 Å². The van der Waals surface area contributed by atoms with Crippen molar-refractivity contribution in [2.24, 2.45) is 4.99 Å². The lowest BCUT2D eigenvalue weighted by Gasteiger charge is -2.39. The molecular weight excluding hydrogens is 326 g/mol. The minimum atomic E-state index is -3.04. The molecule has 0 amide bonds. The Morgan fingerprint density at radius 3 is 2.79 bits per heavy atom. The van der Waals surface area contributed by atoms with Gasteiger partial charge in [-0.1, -0.05) is 0 Å². The zero-order chi connectivity index (χ0) is 17.8. The van der Waals surface area contributed by atoms with Gasteiger partial charge in [0.1, 0.15) is 0 Å². The number of aryl methyl sites for hydroxylation is 2. The summed E-state index contributed by atoms with van der Waals surface area (Å²) in [6.45, 7) is 10.9. The second-order valence-electron chi connectivity index (χ2n) is 6.87. The topological polar surface area (TPSA) is 79.6 Å². The van der Waals surface area contributed by atoms with Gasteiger partial charge in [0.25, 0.3) is 0 Å². The summed E-state index contributed by atoms with van der Waals surface area (Å²) >= 11 is 0. The molecule has 1 aromatic heterocycles. The third-order valence-corrected chi connectivity index (χ3v) is 6.78. The molecule has 0 aliphatic carbocycles. The molecule has 1 fully saturated rings. The van der Waals surface area contributed by atoms with Crippen LogP contribution < -0.4 is 5.32 Å². The average Bonchev–Trinajstić information content (AvgIpc) is 2.91. The van der Waals surface area contributed by atoms with Crippen molar-refractivity contribution in [2.75, 3.05) is 31.9 Å². The van der Waals surface area contributed by atoms with E-state index in [1.807, 2.05) is 30.9 Å². The summed E-state index contributed by atoms with van der Waals surface area (Å²) in [5.74, 6) is 0.980. The van der Waals surface area contributed by atoms with Crippen LogP contribution in [0.5, 0.6) is 0 Å². The maximum atomic E-state index is 12.2. The quantitative estimate of drug-likeness (QED) is 0.485. The van der Waals surface area contributed by atoms with Gasteiger partial charge in [0.05, 0.1) is 16.7 Å². The monoisotopic (exact) mass is 355 g/mol. The van der Waals surface area contributed by atoms with Crippen molar-refractivity contribution >= 4 is 15.8 Å². The van der Waals surface area contributed by atoms with Crippen LogP contribution in [-0.2, 0) is 16.4 Å². The molecular formula is C16H29N5O2S. The average molecular weight is 356 g/mol. The largest absolute Gasteiger partial charge is 0.357 e. The SMILES string of the molecule is CCNC(=NCCCn1cc(C)cn1)N1CCS(=O)(=O)C(C)(C)C1. The van der Waals surface area contributed by atoms with Crippen molar-refractivity contribution in [1.29, 1.82) is 0 Å². The molecule has 8 heteroatoms. The van der Waals surface area contributed by atoms with Gasteiger partial charge in [0.15, 0.2) is 15.8 Å². The Morgan fingerprint density at radius 1 is 1.46 bits per heavy atom. The minimum Gasteiger partial charge on any atom is -0.357 e. The first-order chi connectivity index (χ1) is 11.2. The molecule has 1 aromatic rings. The van der Waals surface area contributed by atoms with Crippen LogP contribution in [0.3, 0.4) is 0 Å². The summed E-state index contributed by atoms with van der Waals surface area (Å²) in [4.78, 5) is 6.73. The van der Waals surface area contributed by atoms with Crippen LogP contribution in [0.15, 0.2) is 17.4 Å². The standard InChI is InChI=1S/C16H29N5O2S/c1-5-17-15(18-7-6-8-21-12-14(2)11-19-21)20-9-10-24(22,23)16(3,4)13-20/h11-12H,5-10,13H2,1-4H3,(H,17,18). The van der Waals surface area contributed by atoms with Crippen molar-refractivity contribution in [3.05, 3.63) is 18.0 Å². The van der Waals surface area contributed by atoms with E-state index >= 15 is 0 Å². The molecule has 0 bridgehead atoms. The maximum absolute atomic E-state index is 12.2. The Hall–Kier alpha value is -1.57. The van der Waals surface area contributed by atoms with E-state index in [4.69, 9.17) is 0 Å². The van der Waals surface area contributed by atoms with Gasteiger partial charge in [0.2, 0.25) is 0 Å². The van der Waals surface area contributed by atoms with Crippen LogP contribution in [0.1, 0.15) is 32.8 Å². The van der Waals surface area contributed by atoms with Crippen LogP contribution in [-0.4, -0.2) is 65.7 Å². The van der Waals surface area contributed by atoms with Gasteiger partial charge in [0, 0.05) is 38.9 Å². The van der Waals surface area contributed by atoms with Gasteiger partial charge in [-0.3, -0.25) is 9.67 Å². The van der Waals surface area contributed by atoms with E-state index in [2.05, 4.69) is 20.3 Å². The molecule has 1 saturated heterocycles. The molecule has 0 unspecified atom stereocenters. The number of hydrogen-bond acceptors (Lipinski definition) is 4. The summed E-state index contributed by atoms with van der Waals surface area (Å²) in [6.07, 6.45) is 4.77. The number of nitrogens with zero attached hydrogens (tertiary/aromatic N) is 4. The third-order valence-electron chi connectivity index (χ3n) is 4.25. The van der Waals surface area contributed by atoms with Gasteiger partial charge < -0.3 is 10.2 Å². The van der Waals surface area contributed by atoms with Gasteiger partial charge in [-0.25, -0.2) is 8.42 Å². The number of guanidine groups is 1. The van der Waals surface area contributed by atoms with Crippen LogP contribution in [0.4, 0.5) is 0 Å². The highest BCUT2D eigenvalue weighted by molar-refractivity contribution is 7.92. The van der Waals surface area contributed by atoms with E-state index in [9.17, 15) is 8.42 Å². The Labute approximate surface area is 145 Å². The lowest BCUT2D eigenvalue weighted by atomic mass is 10.2. The zero-order valence-corrected chi connectivity index (χ0v) is 15.9. The van der Waals surface area contributed by atoms with E-state index in [0.717, 1.165) is 31.0 Å². The number of aromatic nitrogens is 2. The van der Waals surface area contributed by atoms with E-state index in [1.54, 1.807) is 13.8 Å². The van der Waals surface area contributed by atoms with Crippen LogP contribution >= 0.6 is 0 Å². The fourth-order valence-electron chi connectivity index (χ4n) is 2.76. The molecule has 1 aliphatic rings. The summed E-state index contributed by atoms with van der Waals surface area (Å²) in [7, 11) is -3.04. The molecule has 0 radical (unpaired) electrons. The number of hydrogen-bond donors (Lipinski definition) is 1. The number of nitrogens with one attached hydrogen (secondary N) is 1. The summed E-state index contributed by atoms with van der Waals surface area (Å²) < 4.78 is 25.5. The smallest absolute Gasteiger partial charge is 0.193 e. The molecule has 0 atom stereocenters. The molecule has 2 heterocycles. The number of sulfone groups is 1. The fourth-order valence-corrected chi connectivity index (χ4v) is 4.12. The highest BCUT2D eigenvalue weighted by Gasteiger charge is 2.40. The van der Waals surface area contributed by atoms with Crippen molar-refractivity contribution in [3.8, 4) is 0 Å². The van der Waals surface area contributed by atoms with Crippen molar-refractivity contribution in [1.82, 2.24) is 20.0 Å². The van der Waals surface area contributed by atoms with Crippen LogP contribution in [0, 0.1) is 6.92 Å². The first-order valence-corrected chi connectivity index (χ1v) is 10.1. The predicted molar refractivity (Wildman–Crippen MR) is 97.0 cm³/mol. The Kier molecular flexibility index (Phi) is 5.90. The lowest BCUT2D eigenvalue weighted by Crippen LogP contribution is -2.57. The van der Waals surface area contributed by atoms with Gasteiger partial charge in [-0.05, 0) is 39.7 Å². The predicted octanol–water partition coefficient (Wildman–Crippen LogP) is 1.06. The van der Waals surface area contributed by atoms with E-state index in [1.165, 1.54) is 0 Å². The summed E-state index contributed by atoms with van der Waals surface area (Å²) in [5, 5.41) is 7.55. The molecule has 7 nitrogen and oxygen atoms in total. The number of rotatable bonds is 5. The Bertz CT molecular complexity index is 678. The first kappa shape index (κ1) is 18.8. The Balaban J connectivity index is 1.95. The molecule has 0 aromatic carbocycles. The third kappa shape index (κ3) is 4.49. The first-order valence-electron chi connectivity index (χ1n) is 8.50. The van der Waals surface area contributed by atoms with E-state index in [0.29, 0.717) is 19.6 Å². The van der Waals surface area contributed by atoms with E-state index in [-0.39, 0.29) is 5.75 Å². The summed E-state index contributed by atoms with van der Waals surface area (Å²) in [6, 6.07) is 0.